The van der Waals surface area contributed by atoms with Gasteiger partial charge in [-0.3, -0.25) is 4.31 Å². The van der Waals surface area contributed by atoms with Gasteiger partial charge >= 0.3 is 0 Å². The van der Waals surface area contributed by atoms with E-state index in [-0.39, 0.29) is 0 Å². The Bertz CT molecular complexity index is 1030. The van der Waals surface area contributed by atoms with E-state index in [0.717, 1.165) is 35.0 Å². The second-order valence-electron chi connectivity index (χ2n) is 7.85. The molecule has 0 fully saturated rings. The van der Waals surface area contributed by atoms with Crippen LogP contribution in [0.1, 0.15) is 32.8 Å². The molecule has 3 N–H and O–H groups in total. The summed E-state index contributed by atoms with van der Waals surface area (Å²) >= 11 is 1.59. The summed E-state index contributed by atoms with van der Waals surface area (Å²) in [5, 5.41) is 6.54. The van der Waals surface area contributed by atoms with Gasteiger partial charge in [0.1, 0.15) is 0 Å². The van der Waals surface area contributed by atoms with Crippen LogP contribution in [-0.2, 0) is 11.0 Å². The van der Waals surface area contributed by atoms with Gasteiger partial charge in [-0.2, -0.15) is 0 Å². The summed E-state index contributed by atoms with van der Waals surface area (Å²) in [6.07, 6.45) is 4.61. The Balaban J connectivity index is 1.75. The van der Waals surface area contributed by atoms with Crippen LogP contribution in [0.25, 0.3) is 0 Å². The van der Waals surface area contributed by atoms with E-state index in [2.05, 4.69) is 59.7 Å². The van der Waals surface area contributed by atoms with Crippen LogP contribution in [0.3, 0.4) is 0 Å². The predicted molar refractivity (Wildman–Crippen MR) is 147 cm³/mol. The molecule has 0 aliphatic heterocycles. The van der Waals surface area contributed by atoms with Crippen molar-refractivity contribution < 1.29 is 4.21 Å². The zero-order chi connectivity index (χ0) is 24.9. The van der Waals surface area contributed by atoms with Crippen LogP contribution in [0.15, 0.2) is 113 Å². The summed E-state index contributed by atoms with van der Waals surface area (Å²) in [7, 11) is -1.26. The van der Waals surface area contributed by atoms with Crippen LogP contribution in [0, 0.1) is 6.92 Å². The van der Waals surface area contributed by atoms with Gasteiger partial charge in [0, 0.05) is 53.4 Å². The lowest BCUT2D eigenvalue weighted by Crippen LogP contribution is -2.25. The van der Waals surface area contributed by atoms with Crippen molar-refractivity contribution in [3.05, 3.63) is 108 Å². The second kappa shape index (κ2) is 14.4. The molecule has 0 heterocycles. The van der Waals surface area contributed by atoms with Crippen molar-refractivity contribution in [2.75, 3.05) is 13.1 Å². The molecule has 0 aliphatic rings. The van der Waals surface area contributed by atoms with Crippen molar-refractivity contribution in [3.8, 4) is 0 Å². The molecule has 1 atom stereocenters. The average molecular weight is 497 g/mol. The zero-order valence-corrected chi connectivity index (χ0v) is 22.2. The number of nitrogens with zero attached hydrogens (tertiary/aromatic N) is 1. The van der Waals surface area contributed by atoms with Gasteiger partial charge < -0.3 is 15.4 Å². The maximum Gasteiger partial charge on any atom is 0.152 e. The van der Waals surface area contributed by atoms with Gasteiger partial charge in [-0.1, -0.05) is 49.1 Å². The second-order valence-corrected chi connectivity index (χ2v) is 10.1. The Morgan fingerprint density at radius 2 is 1.76 bits per heavy atom. The molecule has 5 nitrogen and oxygen atoms in total. The van der Waals surface area contributed by atoms with Crippen LogP contribution in [0.2, 0.25) is 0 Å². The lowest BCUT2D eigenvalue weighted by molar-refractivity contribution is 0.552. The van der Waals surface area contributed by atoms with Gasteiger partial charge in [-0.05, 0) is 70.0 Å². The van der Waals surface area contributed by atoms with Crippen molar-refractivity contribution in [2.24, 2.45) is 0 Å². The van der Waals surface area contributed by atoms with Gasteiger partial charge in [0.25, 0.3) is 0 Å². The number of aryl methyl sites for hydroxylation is 1. The maximum absolute atomic E-state index is 12.9. The third-order valence-electron chi connectivity index (χ3n) is 4.79. The van der Waals surface area contributed by atoms with E-state index >= 15 is 0 Å². The summed E-state index contributed by atoms with van der Waals surface area (Å²) in [6, 6.07) is 17.9. The van der Waals surface area contributed by atoms with Gasteiger partial charge in [0.15, 0.2) is 11.0 Å². The molecule has 2 rings (SSSR count). The molecule has 2 aromatic rings. The molecular formula is C27H36N4OS2. The molecule has 2 aromatic carbocycles. The average Bonchev–Trinajstić information content (AvgIpc) is 2.82. The largest absolute Gasteiger partial charge is 0.389 e. The zero-order valence-electron chi connectivity index (χ0n) is 20.6. The van der Waals surface area contributed by atoms with E-state index in [4.69, 9.17) is 0 Å². The van der Waals surface area contributed by atoms with E-state index in [0.29, 0.717) is 12.2 Å². The van der Waals surface area contributed by atoms with Crippen molar-refractivity contribution in [1.29, 1.82) is 0 Å². The predicted octanol–water partition coefficient (Wildman–Crippen LogP) is 6.00. The van der Waals surface area contributed by atoms with Gasteiger partial charge in [0.2, 0.25) is 0 Å². The summed E-state index contributed by atoms with van der Waals surface area (Å²) < 4.78 is 18.1. The van der Waals surface area contributed by atoms with Gasteiger partial charge in [-0.25, -0.2) is 4.21 Å². The monoisotopic (exact) mass is 496 g/mol. The number of hydrogen-bond donors (Lipinski definition) is 3. The van der Waals surface area contributed by atoms with Gasteiger partial charge in [0.05, 0.1) is 4.90 Å². The lowest BCUT2D eigenvalue weighted by atomic mass is 10.2. The summed E-state index contributed by atoms with van der Waals surface area (Å²) in [4.78, 5) is 1.95. The molecule has 0 aromatic heterocycles. The lowest BCUT2D eigenvalue weighted by Gasteiger charge is -2.23. The fourth-order valence-corrected chi connectivity index (χ4v) is 4.84. The van der Waals surface area contributed by atoms with Crippen LogP contribution in [0.5, 0.6) is 0 Å². The minimum Gasteiger partial charge on any atom is -0.389 e. The van der Waals surface area contributed by atoms with Crippen molar-refractivity contribution in [1.82, 2.24) is 19.7 Å². The third-order valence-corrected chi connectivity index (χ3v) is 7.34. The number of benzene rings is 2. The number of nitrogens with one attached hydrogen (secondary N) is 3. The van der Waals surface area contributed by atoms with Crippen molar-refractivity contribution >= 4 is 22.9 Å². The minimum absolute atomic E-state index is 0.629. The topological polar surface area (TPSA) is 56.4 Å². The maximum atomic E-state index is 12.9. The molecule has 182 valence electrons. The molecular weight excluding hydrogens is 460 g/mol. The standard InChI is InChI=1S/C27H36N4OS2/c1-7-31(34(32)27-11-9-8-10-12-27)25(6)19-23(4)29-22(3)17-18-28-20-24(5)30-33-26-15-13-21(2)14-16-26/h8-16,19-20,28-30H,3-4,7,17-18H2,1-2,5-6H3/b24-20+,25-19+. The van der Waals surface area contributed by atoms with Gasteiger partial charge in [-0.15, -0.1) is 0 Å². The fraction of sp³-hybridized carbons (Fsp3) is 0.259. The fourth-order valence-electron chi connectivity index (χ4n) is 3.03. The Kier molecular flexibility index (Phi) is 11.6. The first-order chi connectivity index (χ1) is 16.3. The van der Waals surface area contributed by atoms with E-state index < -0.39 is 11.0 Å². The van der Waals surface area contributed by atoms with E-state index in [1.165, 1.54) is 10.5 Å². The van der Waals surface area contributed by atoms with Crippen molar-refractivity contribution in [3.63, 3.8) is 0 Å². The Labute approximate surface area is 211 Å². The highest BCUT2D eigenvalue weighted by molar-refractivity contribution is 7.97. The highest BCUT2D eigenvalue weighted by Crippen LogP contribution is 2.17. The number of rotatable bonds is 14. The molecule has 7 heteroatoms. The molecule has 0 radical (unpaired) electrons. The SMILES string of the molecule is C=C(/C=C(\C)N(CC)S(=O)c1ccccc1)NC(=C)CCN/C=C(\C)NSc1ccc(C)cc1. The molecule has 0 aliphatic carbocycles. The first-order valence-electron chi connectivity index (χ1n) is 11.3. The normalized spacial score (nSPS) is 12.6. The van der Waals surface area contributed by atoms with Crippen LogP contribution < -0.4 is 15.4 Å². The van der Waals surface area contributed by atoms with Crippen molar-refractivity contribution in [2.45, 2.75) is 43.9 Å². The highest BCUT2D eigenvalue weighted by Gasteiger charge is 2.13. The van der Waals surface area contributed by atoms with Crippen LogP contribution >= 0.6 is 11.9 Å². The quantitative estimate of drug-likeness (QED) is 0.170. The highest BCUT2D eigenvalue weighted by atomic mass is 32.2. The van der Waals surface area contributed by atoms with Crippen LogP contribution in [-0.4, -0.2) is 21.6 Å². The first-order valence-corrected chi connectivity index (χ1v) is 13.2. The summed E-state index contributed by atoms with van der Waals surface area (Å²) in [5.41, 5.74) is 4.75. The van der Waals surface area contributed by atoms with E-state index in [1.807, 2.05) is 67.7 Å². The molecule has 34 heavy (non-hydrogen) atoms. The summed E-state index contributed by atoms with van der Waals surface area (Å²) in [6.45, 7) is 17.6. The molecule has 1 unspecified atom stereocenters. The Hall–Kier alpha value is -2.90. The Morgan fingerprint density at radius 3 is 2.41 bits per heavy atom. The molecule has 0 amide bonds. The van der Waals surface area contributed by atoms with E-state index in [1.54, 1.807) is 11.9 Å². The summed E-state index contributed by atoms with van der Waals surface area (Å²) in [5.74, 6) is 0. The Morgan fingerprint density at radius 1 is 1.09 bits per heavy atom. The third kappa shape index (κ3) is 9.53. The van der Waals surface area contributed by atoms with Crippen LogP contribution in [0.4, 0.5) is 0 Å². The minimum atomic E-state index is -1.26. The smallest absolute Gasteiger partial charge is 0.152 e. The molecule has 0 saturated carbocycles. The molecule has 0 bridgehead atoms. The van der Waals surface area contributed by atoms with E-state index in [9.17, 15) is 4.21 Å². The number of hydrogen-bond acceptors (Lipinski definition) is 5. The first kappa shape index (κ1) is 27.3. The number of allylic oxidation sites excluding steroid dienone is 3. The molecule has 0 spiro atoms. The molecule has 0 saturated heterocycles.